The topological polar surface area (TPSA) is 87.0 Å². The summed E-state index contributed by atoms with van der Waals surface area (Å²) in [5, 5.41) is 29.0. The first-order valence-corrected chi connectivity index (χ1v) is 9.63. The number of rotatable bonds is 10. The van der Waals surface area contributed by atoms with Crippen molar-refractivity contribution >= 4 is 5.97 Å². The normalized spacial score (nSPS) is 31.4. The van der Waals surface area contributed by atoms with Gasteiger partial charge in [0.15, 0.2) is 0 Å². The summed E-state index contributed by atoms with van der Waals surface area (Å²) in [7, 11) is 0. The number of aliphatic hydroxyl groups is 2. The van der Waals surface area contributed by atoms with Crippen LogP contribution in [0.4, 0.5) is 0 Å². The van der Waals surface area contributed by atoms with Crippen molar-refractivity contribution in [1.82, 2.24) is 0 Å². The Hall–Kier alpha value is -1.33. The molecule has 1 heterocycles. The summed E-state index contributed by atoms with van der Waals surface area (Å²) in [5.41, 5.74) is 0. The minimum Gasteiger partial charge on any atom is -0.495 e. The molecule has 5 heteroatoms. The van der Waals surface area contributed by atoms with E-state index in [4.69, 9.17) is 9.84 Å². The van der Waals surface area contributed by atoms with Gasteiger partial charge in [0.25, 0.3) is 0 Å². The van der Waals surface area contributed by atoms with Gasteiger partial charge in [0.05, 0.1) is 18.0 Å². The van der Waals surface area contributed by atoms with Crippen LogP contribution in [0.2, 0.25) is 0 Å². The lowest BCUT2D eigenvalue weighted by Gasteiger charge is -2.16. The summed E-state index contributed by atoms with van der Waals surface area (Å²) in [4.78, 5) is 10.5. The number of ether oxygens (including phenoxy) is 1. The minimum absolute atomic E-state index is 0.0238. The summed E-state index contributed by atoms with van der Waals surface area (Å²) >= 11 is 0. The molecule has 0 aromatic carbocycles. The molecule has 0 aromatic rings. The zero-order valence-corrected chi connectivity index (χ0v) is 15.1. The molecule has 0 amide bonds. The Morgan fingerprint density at radius 1 is 1.36 bits per heavy atom. The second-order valence-corrected chi connectivity index (χ2v) is 7.31. The van der Waals surface area contributed by atoms with Crippen molar-refractivity contribution in [3.8, 4) is 0 Å². The van der Waals surface area contributed by atoms with E-state index >= 15 is 0 Å². The smallest absolute Gasteiger partial charge is 0.303 e. The molecule has 0 aromatic heterocycles. The fourth-order valence-electron chi connectivity index (χ4n) is 3.86. The van der Waals surface area contributed by atoms with Crippen molar-refractivity contribution in [1.29, 1.82) is 0 Å². The molecule has 5 atom stereocenters. The van der Waals surface area contributed by atoms with Crippen LogP contribution in [0.3, 0.4) is 0 Å². The number of carbonyl (C=O) groups is 1. The SMILES string of the molecule is CCCCC[C@@H](O)/C=C/[C@@H]1[C@H]2C/C(=C\CCCC(=O)O)O[C@H]2C[C@H]1O. The predicted octanol–water partition coefficient (Wildman–Crippen LogP) is 3.41. The molecule has 2 rings (SSSR count). The van der Waals surface area contributed by atoms with Crippen LogP contribution in [0.1, 0.15) is 64.7 Å². The van der Waals surface area contributed by atoms with Crippen molar-refractivity contribution in [2.75, 3.05) is 0 Å². The van der Waals surface area contributed by atoms with Gasteiger partial charge in [-0.2, -0.15) is 0 Å². The van der Waals surface area contributed by atoms with Crippen molar-refractivity contribution in [3.63, 3.8) is 0 Å². The van der Waals surface area contributed by atoms with Crippen LogP contribution in [-0.2, 0) is 9.53 Å². The van der Waals surface area contributed by atoms with Crippen LogP contribution >= 0.6 is 0 Å². The molecule has 0 bridgehead atoms. The van der Waals surface area contributed by atoms with Crippen LogP contribution in [0.5, 0.6) is 0 Å². The zero-order chi connectivity index (χ0) is 18.2. The molecular weight excluding hydrogens is 320 g/mol. The van der Waals surface area contributed by atoms with Gasteiger partial charge in [0, 0.05) is 31.1 Å². The molecule has 2 fully saturated rings. The van der Waals surface area contributed by atoms with E-state index in [0.29, 0.717) is 19.3 Å². The van der Waals surface area contributed by atoms with E-state index in [2.05, 4.69) is 6.92 Å². The average molecular weight is 352 g/mol. The van der Waals surface area contributed by atoms with E-state index in [1.807, 2.05) is 18.2 Å². The van der Waals surface area contributed by atoms with Gasteiger partial charge >= 0.3 is 5.97 Å². The second kappa shape index (κ2) is 9.97. The zero-order valence-electron chi connectivity index (χ0n) is 15.1. The van der Waals surface area contributed by atoms with E-state index in [9.17, 15) is 15.0 Å². The molecule has 142 valence electrons. The van der Waals surface area contributed by atoms with Gasteiger partial charge in [-0.15, -0.1) is 0 Å². The van der Waals surface area contributed by atoms with E-state index in [0.717, 1.165) is 37.9 Å². The highest BCUT2D eigenvalue weighted by atomic mass is 16.5. The third-order valence-corrected chi connectivity index (χ3v) is 5.26. The Morgan fingerprint density at radius 2 is 2.16 bits per heavy atom. The van der Waals surface area contributed by atoms with Gasteiger partial charge in [0.1, 0.15) is 6.10 Å². The van der Waals surface area contributed by atoms with E-state index < -0.39 is 18.2 Å². The van der Waals surface area contributed by atoms with Gasteiger partial charge in [-0.3, -0.25) is 4.79 Å². The van der Waals surface area contributed by atoms with Gasteiger partial charge < -0.3 is 20.1 Å². The Morgan fingerprint density at radius 3 is 2.88 bits per heavy atom. The average Bonchev–Trinajstić information content (AvgIpc) is 3.06. The van der Waals surface area contributed by atoms with E-state index in [-0.39, 0.29) is 24.4 Å². The molecule has 1 aliphatic heterocycles. The van der Waals surface area contributed by atoms with Gasteiger partial charge in [0.2, 0.25) is 0 Å². The molecule has 2 aliphatic rings. The first-order chi connectivity index (χ1) is 12.0. The Balaban J connectivity index is 1.83. The number of allylic oxidation sites excluding steroid dienone is 2. The lowest BCUT2D eigenvalue weighted by Crippen LogP contribution is -2.18. The molecule has 25 heavy (non-hydrogen) atoms. The first-order valence-electron chi connectivity index (χ1n) is 9.63. The van der Waals surface area contributed by atoms with Crippen LogP contribution in [0.25, 0.3) is 0 Å². The summed E-state index contributed by atoms with van der Waals surface area (Å²) in [6, 6.07) is 0. The number of carboxylic acid groups (broad SMARTS) is 1. The second-order valence-electron chi connectivity index (χ2n) is 7.31. The molecule has 1 aliphatic carbocycles. The third-order valence-electron chi connectivity index (χ3n) is 5.26. The van der Waals surface area contributed by atoms with Crippen molar-refractivity contribution in [2.45, 2.75) is 83.0 Å². The van der Waals surface area contributed by atoms with Crippen molar-refractivity contribution < 1.29 is 24.9 Å². The first kappa shape index (κ1) is 20.0. The number of hydrogen-bond donors (Lipinski definition) is 3. The highest BCUT2D eigenvalue weighted by Crippen LogP contribution is 2.45. The van der Waals surface area contributed by atoms with Crippen LogP contribution in [0, 0.1) is 11.8 Å². The Bertz CT molecular complexity index is 484. The number of fused-ring (bicyclic) bond motifs is 1. The van der Waals surface area contributed by atoms with Gasteiger partial charge in [-0.1, -0.05) is 38.3 Å². The molecule has 5 nitrogen and oxygen atoms in total. The Kier molecular flexibility index (Phi) is 7.97. The van der Waals surface area contributed by atoms with Crippen molar-refractivity contribution in [3.05, 3.63) is 24.0 Å². The maximum Gasteiger partial charge on any atom is 0.303 e. The van der Waals surface area contributed by atoms with Crippen LogP contribution in [0.15, 0.2) is 24.0 Å². The van der Waals surface area contributed by atoms with Crippen LogP contribution < -0.4 is 0 Å². The monoisotopic (exact) mass is 352 g/mol. The molecular formula is C20H32O5. The fraction of sp³-hybridized carbons (Fsp3) is 0.750. The number of aliphatic hydroxyl groups excluding tert-OH is 2. The summed E-state index contributed by atoms with van der Waals surface area (Å²) in [5.74, 6) is 0.429. The highest BCUT2D eigenvalue weighted by Gasteiger charge is 2.46. The van der Waals surface area contributed by atoms with E-state index in [1.165, 1.54) is 0 Å². The maximum absolute atomic E-state index is 10.5. The number of carboxylic acids is 1. The maximum atomic E-state index is 10.5. The lowest BCUT2D eigenvalue weighted by atomic mass is 9.90. The standard InChI is InChI=1S/C20H32O5/c1-2-3-4-7-14(21)10-11-16-17-12-15(8-5-6-9-20(23)24)25-19(17)13-18(16)22/h8,10-11,14,16-19,21-22H,2-7,9,12-13H2,1H3,(H,23,24)/b11-10+,15-8+/t14-,16-,17-,18-,19+/m1/s1. The minimum atomic E-state index is -0.770. The predicted molar refractivity (Wildman–Crippen MR) is 96.0 cm³/mol. The van der Waals surface area contributed by atoms with Crippen molar-refractivity contribution in [2.24, 2.45) is 11.8 Å². The Labute approximate surface area is 150 Å². The molecule has 1 saturated carbocycles. The molecule has 0 radical (unpaired) electrons. The summed E-state index contributed by atoms with van der Waals surface area (Å²) in [6.07, 6.45) is 12.0. The molecule has 0 spiro atoms. The summed E-state index contributed by atoms with van der Waals surface area (Å²) < 4.78 is 5.94. The number of hydrogen-bond acceptors (Lipinski definition) is 4. The largest absolute Gasteiger partial charge is 0.495 e. The fourth-order valence-corrected chi connectivity index (χ4v) is 3.86. The molecule has 0 unspecified atom stereocenters. The van der Waals surface area contributed by atoms with Gasteiger partial charge in [-0.05, 0) is 25.3 Å². The van der Waals surface area contributed by atoms with Gasteiger partial charge in [-0.25, -0.2) is 0 Å². The third kappa shape index (κ3) is 6.15. The number of unbranched alkanes of at least 4 members (excludes halogenated alkanes) is 3. The lowest BCUT2D eigenvalue weighted by molar-refractivity contribution is -0.137. The quantitative estimate of drug-likeness (QED) is 0.414. The molecule has 1 saturated heterocycles. The van der Waals surface area contributed by atoms with Crippen LogP contribution in [-0.4, -0.2) is 39.6 Å². The molecule has 3 N–H and O–H groups in total. The number of aliphatic carboxylic acids is 1. The van der Waals surface area contributed by atoms with E-state index in [1.54, 1.807) is 0 Å². The summed E-state index contributed by atoms with van der Waals surface area (Å²) in [6.45, 7) is 2.14. The highest BCUT2D eigenvalue weighted by molar-refractivity contribution is 5.66.